The van der Waals surface area contributed by atoms with Gasteiger partial charge in [-0.3, -0.25) is 0 Å². The summed E-state index contributed by atoms with van der Waals surface area (Å²) in [6.45, 7) is 0.627. The number of aromatic nitrogens is 1. The average molecular weight is 303 g/mol. The van der Waals surface area contributed by atoms with Crippen LogP contribution in [0.25, 0.3) is 10.9 Å². The molecule has 0 aliphatic carbocycles. The number of para-hydroxylation sites is 1. The first kappa shape index (κ1) is 13.6. The Kier molecular flexibility index (Phi) is 4.01. The van der Waals surface area contributed by atoms with Crippen LogP contribution in [0.5, 0.6) is 0 Å². The number of hydrogen-bond donors (Lipinski definition) is 2. The van der Waals surface area contributed by atoms with Gasteiger partial charge in [-0.25, -0.2) is 0 Å². The smallest absolute Gasteiger partial charge is 0.0465 e. The maximum Gasteiger partial charge on any atom is 0.0465 e. The number of hydrogen-bond acceptors (Lipinski definition) is 2. The van der Waals surface area contributed by atoms with E-state index in [9.17, 15) is 0 Å². The van der Waals surface area contributed by atoms with E-state index in [2.05, 4.69) is 35.4 Å². The lowest BCUT2D eigenvalue weighted by atomic mass is 10.1. The summed E-state index contributed by atoms with van der Waals surface area (Å²) >= 11 is 7.83. The van der Waals surface area contributed by atoms with Gasteiger partial charge in [0.1, 0.15) is 0 Å². The van der Waals surface area contributed by atoms with Crippen molar-refractivity contribution in [3.8, 4) is 0 Å². The molecule has 1 heterocycles. The zero-order chi connectivity index (χ0) is 13.9. The maximum absolute atomic E-state index is 6.07. The van der Waals surface area contributed by atoms with Gasteiger partial charge in [0.25, 0.3) is 0 Å². The minimum absolute atomic E-state index is 0.627. The SMILES string of the molecule is NCCc1cc(Cl)ccc1Sc1c[nH]c2ccccc12. The number of halogens is 1. The van der Waals surface area contributed by atoms with Crippen molar-refractivity contribution >= 4 is 34.3 Å². The summed E-state index contributed by atoms with van der Waals surface area (Å²) in [5, 5.41) is 2.00. The number of fused-ring (bicyclic) bond motifs is 1. The Hall–Kier alpha value is -1.42. The van der Waals surface area contributed by atoms with Crippen LogP contribution < -0.4 is 5.73 Å². The Bertz CT molecular complexity index is 736. The third-order valence-electron chi connectivity index (χ3n) is 3.21. The highest BCUT2D eigenvalue weighted by Gasteiger charge is 2.08. The van der Waals surface area contributed by atoms with Gasteiger partial charge in [-0.05, 0) is 42.8 Å². The van der Waals surface area contributed by atoms with E-state index in [1.807, 2.05) is 18.2 Å². The Morgan fingerprint density at radius 2 is 1.95 bits per heavy atom. The lowest BCUT2D eigenvalue weighted by Gasteiger charge is -2.08. The molecule has 0 bridgehead atoms. The predicted molar refractivity (Wildman–Crippen MR) is 86.6 cm³/mol. The fourth-order valence-corrected chi connectivity index (χ4v) is 3.51. The summed E-state index contributed by atoms with van der Waals surface area (Å²) in [5.41, 5.74) is 8.05. The van der Waals surface area contributed by atoms with Gasteiger partial charge in [-0.1, -0.05) is 41.6 Å². The molecule has 2 nitrogen and oxygen atoms in total. The molecule has 102 valence electrons. The molecule has 0 atom stereocenters. The van der Waals surface area contributed by atoms with E-state index in [0.717, 1.165) is 17.0 Å². The highest BCUT2D eigenvalue weighted by atomic mass is 35.5. The second-order valence-electron chi connectivity index (χ2n) is 4.59. The second kappa shape index (κ2) is 5.92. The van der Waals surface area contributed by atoms with E-state index in [1.54, 1.807) is 11.8 Å². The van der Waals surface area contributed by atoms with E-state index in [4.69, 9.17) is 17.3 Å². The Morgan fingerprint density at radius 3 is 2.80 bits per heavy atom. The molecule has 0 fully saturated rings. The summed E-state index contributed by atoms with van der Waals surface area (Å²) in [6, 6.07) is 14.3. The molecule has 1 aromatic heterocycles. The van der Waals surface area contributed by atoms with E-state index >= 15 is 0 Å². The Labute approximate surface area is 127 Å². The number of nitrogens with one attached hydrogen (secondary N) is 1. The van der Waals surface area contributed by atoms with Gasteiger partial charge in [-0.2, -0.15) is 0 Å². The summed E-state index contributed by atoms with van der Waals surface area (Å²) in [4.78, 5) is 5.74. The highest BCUT2D eigenvalue weighted by molar-refractivity contribution is 7.99. The third kappa shape index (κ3) is 2.70. The number of H-pyrrole nitrogens is 1. The van der Waals surface area contributed by atoms with Crippen LogP contribution in [0.1, 0.15) is 5.56 Å². The normalized spacial score (nSPS) is 11.1. The average Bonchev–Trinajstić information content (AvgIpc) is 2.86. The van der Waals surface area contributed by atoms with Crippen molar-refractivity contribution in [1.29, 1.82) is 0 Å². The van der Waals surface area contributed by atoms with Crippen LogP contribution in [0, 0.1) is 0 Å². The lowest BCUT2D eigenvalue weighted by Crippen LogP contribution is -2.03. The van der Waals surface area contributed by atoms with Crippen LogP contribution in [0.4, 0.5) is 0 Å². The van der Waals surface area contributed by atoms with Gasteiger partial charge in [0.2, 0.25) is 0 Å². The molecule has 0 aliphatic rings. The number of aromatic amines is 1. The fraction of sp³-hybridized carbons (Fsp3) is 0.125. The molecule has 3 rings (SSSR count). The highest BCUT2D eigenvalue weighted by Crippen LogP contribution is 2.36. The molecule has 3 aromatic rings. The van der Waals surface area contributed by atoms with Crippen molar-refractivity contribution in [3.63, 3.8) is 0 Å². The molecule has 0 saturated heterocycles. The first-order valence-corrected chi connectivity index (χ1v) is 7.70. The van der Waals surface area contributed by atoms with Crippen LogP contribution in [-0.4, -0.2) is 11.5 Å². The van der Waals surface area contributed by atoms with Crippen molar-refractivity contribution in [2.45, 2.75) is 16.2 Å². The zero-order valence-corrected chi connectivity index (χ0v) is 12.5. The zero-order valence-electron chi connectivity index (χ0n) is 10.9. The van der Waals surface area contributed by atoms with Crippen LogP contribution >= 0.6 is 23.4 Å². The molecule has 4 heteroatoms. The molecule has 0 aliphatic heterocycles. The molecule has 0 radical (unpaired) electrons. The van der Waals surface area contributed by atoms with Crippen LogP contribution in [0.2, 0.25) is 5.02 Å². The Morgan fingerprint density at radius 1 is 1.10 bits per heavy atom. The van der Waals surface area contributed by atoms with Gasteiger partial charge in [-0.15, -0.1) is 0 Å². The molecule has 0 spiro atoms. The van der Waals surface area contributed by atoms with Crippen molar-refractivity contribution < 1.29 is 0 Å². The lowest BCUT2D eigenvalue weighted by molar-refractivity contribution is 0.944. The summed E-state index contributed by atoms with van der Waals surface area (Å²) in [6.07, 6.45) is 2.89. The third-order valence-corrected chi connectivity index (χ3v) is 4.62. The van der Waals surface area contributed by atoms with Gasteiger partial charge in [0.05, 0.1) is 0 Å². The van der Waals surface area contributed by atoms with Crippen LogP contribution in [0.3, 0.4) is 0 Å². The van der Waals surface area contributed by atoms with E-state index in [0.29, 0.717) is 6.54 Å². The Balaban J connectivity index is 1.98. The van der Waals surface area contributed by atoms with Gasteiger partial charge < -0.3 is 10.7 Å². The number of nitrogens with two attached hydrogens (primary N) is 1. The van der Waals surface area contributed by atoms with Gasteiger partial charge >= 0.3 is 0 Å². The molecule has 3 N–H and O–H groups in total. The van der Waals surface area contributed by atoms with Crippen LogP contribution in [-0.2, 0) is 6.42 Å². The topological polar surface area (TPSA) is 41.8 Å². The minimum Gasteiger partial charge on any atom is -0.360 e. The summed E-state index contributed by atoms with van der Waals surface area (Å²) in [7, 11) is 0. The standard InChI is InChI=1S/C16H15ClN2S/c17-12-5-6-15(11(9-12)7-8-18)20-16-10-19-14-4-2-1-3-13(14)16/h1-6,9-10,19H,7-8,18H2. The molecule has 20 heavy (non-hydrogen) atoms. The number of benzene rings is 2. The van der Waals surface area contributed by atoms with Crippen molar-refractivity contribution in [3.05, 3.63) is 59.2 Å². The molecule has 0 amide bonds. The van der Waals surface area contributed by atoms with Crippen molar-refractivity contribution in [1.82, 2.24) is 4.98 Å². The summed E-state index contributed by atoms with van der Waals surface area (Å²) in [5.74, 6) is 0. The van der Waals surface area contributed by atoms with E-state index < -0.39 is 0 Å². The summed E-state index contributed by atoms with van der Waals surface area (Å²) < 4.78 is 0. The van der Waals surface area contributed by atoms with Gasteiger partial charge in [0, 0.05) is 31.9 Å². The first-order valence-electron chi connectivity index (χ1n) is 6.50. The van der Waals surface area contributed by atoms with Crippen LogP contribution in [0.15, 0.2) is 58.5 Å². The first-order chi connectivity index (χ1) is 9.78. The molecular formula is C16H15ClN2S. The van der Waals surface area contributed by atoms with Gasteiger partial charge in [0.15, 0.2) is 0 Å². The fourth-order valence-electron chi connectivity index (χ4n) is 2.25. The largest absolute Gasteiger partial charge is 0.360 e. The maximum atomic E-state index is 6.07. The predicted octanol–water partition coefficient (Wildman–Crippen LogP) is 4.47. The number of rotatable bonds is 4. The van der Waals surface area contributed by atoms with E-state index in [-0.39, 0.29) is 0 Å². The molecule has 0 unspecified atom stereocenters. The quantitative estimate of drug-likeness (QED) is 0.746. The molecule has 2 aromatic carbocycles. The monoisotopic (exact) mass is 302 g/mol. The minimum atomic E-state index is 0.627. The second-order valence-corrected chi connectivity index (χ2v) is 6.11. The van der Waals surface area contributed by atoms with Crippen molar-refractivity contribution in [2.75, 3.05) is 6.54 Å². The molecule has 0 saturated carbocycles. The molecular weight excluding hydrogens is 288 g/mol. The van der Waals surface area contributed by atoms with E-state index in [1.165, 1.54) is 20.7 Å². The van der Waals surface area contributed by atoms with Crippen molar-refractivity contribution in [2.24, 2.45) is 5.73 Å².